The highest BCUT2D eigenvalue weighted by atomic mass is 31.2. The number of esters is 4. The van der Waals surface area contributed by atoms with E-state index in [-0.39, 0.29) is 25.7 Å². The Morgan fingerprint density at radius 3 is 0.680 bits per heavy atom. The average molecular weight is 1470 g/mol. The first-order valence-electron chi connectivity index (χ1n) is 42.1. The van der Waals surface area contributed by atoms with E-state index in [1.165, 1.54) is 257 Å². The van der Waals surface area contributed by atoms with Crippen molar-refractivity contribution in [3.05, 3.63) is 0 Å². The van der Waals surface area contributed by atoms with E-state index in [1.807, 2.05) is 0 Å². The summed E-state index contributed by atoms with van der Waals surface area (Å²) >= 11 is 0. The third-order valence-corrected chi connectivity index (χ3v) is 20.9. The summed E-state index contributed by atoms with van der Waals surface area (Å²) in [7, 11) is -9.92. The van der Waals surface area contributed by atoms with Crippen LogP contribution in [0.2, 0.25) is 0 Å². The summed E-state index contributed by atoms with van der Waals surface area (Å²) in [4.78, 5) is 73.0. The van der Waals surface area contributed by atoms with Crippen LogP contribution < -0.4 is 0 Å². The van der Waals surface area contributed by atoms with Gasteiger partial charge in [0.05, 0.1) is 26.4 Å². The van der Waals surface area contributed by atoms with Crippen molar-refractivity contribution in [2.24, 2.45) is 5.92 Å². The number of carbonyl (C=O) groups is 4. The summed E-state index contributed by atoms with van der Waals surface area (Å²) in [5.41, 5.74) is 0. The second-order valence-electron chi connectivity index (χ2n) is 29.6. The standard InChI is InChI=1S/C81H158O17P2/c1-6-9-12-15-18-21-23-25-27-32-36-40-45-50-55-60-65-79(84)92-71-77(98-81(86)67-62-57-52-47-42-38-34-30-29-31-35-39-44-48-53-58-63-74(4)5)73-96-100(89,90)94-69-75(82)68-93-99(87,88)95-72-76(70-91-78(83)64-59-54-49-43-20-17-14-11-8-3)97-80(85)66-61-56-51-46-41-37-33-28-26-24-22-19-16-13-10-7-2/h74-77,82H,6-73H2,1-5H3,(H,87,88)(H,89,90)/t75-,76+,77+/m0/s1. The molecule has 0 bridgehead atoms. The van der Waals surface area contributed by atoms with Crippen molar-refractivity contribution >= 4 is 39.5 Å². The fraction of sp³-hybridized carbons (Fsp3) is 0.951. The largest absolute Gasteiger partial charge is 0.472 e. The van der Waals surface area contributed by atoms with Crippen molar-refractivity contribution in [2.45, 2.75) is 451 Å². The fourth-order valence-electron chi connectivity index (χ4n) is 12.6. The summed E-state index contributed by atoms with van der Waals surface area (Å²) < 4.78 is 68.7. The first-order chi connectivity index (χ1) is 48.5. The minimum atomic E-state index is -4.96. The molecule has 0 aliphatic rings. The molecule has 100 heavy (non-hydrogen) atoms. The lowest BCUT2D eigenvalue weighted by atomic mass is 10.0. The number of unbranched alkanes of at least 4 members (excludes halogenated alkanes) is 53. The van der Waals surface area contributed by atoms with Gasteiger partial charge in [-0.3, -0.25) is 37.3 Å². The summed E-state index contributed by atoms with van der Waals surface area (Å²) in [5, 5.41) is 10.6. The number of hydrogen-bond acceptors (Lipinski definition) is 15. The number of phosphoric acid groups is 2. The molecule has 0 heterocycles. The maximum Gasteiger partial charge on any atom is 0.472 e. The lowest BCUT2D eigenvalue weighted by Gasteiger charge is -2.21. The van der Waals surface area contributed by atoms with Crippen LogP contribution in [0.1, 0.15) is 433 Å². The molecule has 3 N–H and O–H groups in total. The van der Waals surface area contributed by atoms with Gasteiger partial charge >= 0.3 is 39.5 Å². The summed E-state index contributed by atoms with van der Waals surface area (Å²) in [6.45, 7) is 7.35. The number of phosphoric ester groups is 2. The first kappa shape index (κ1) is 98.1. The van der Waals surface area contributed by atoms with Crippen LogP contribution in [-0.4, -0.2) is 96.7 Å². The summed E-state index contributed by atoms with van der Waals surface area (Å²) in [5.74, 6) is -1.30. The number of aliphatic hydroxyl groups excluding tert-OH is 1. The zero-order valence-corrected chi connectivity index (χ0v) is 67.1. The molecule has 0 spiro atoms. The van der Waals surface area contributed by atoms with E-state index in [9.17, 15) is 43.2 Å². The number of ether oxygens (including phenoxy) is 4. The molecule has 0 fully saturated rings. The molecule has 19 heteroatoms. The van der Waals surface area contributed by atoms with E-state index in [0.29, 0.717) is 25.7 Å². The van der Waals surface area contributed by atoms with Crippen LogP contribution in [0, 0.1) is 5.92 Å². The van der Waals surface area contributed by atoms with Gasteiger partial charge < -0.3 is 33.8 Å². The van der Waals surface area contributed by atoms with E-state index in [2.05, 4.69) is 34.6 Å². The van der Waals surface area contributed by atoms with Crippen molar-refractivity contribution < 1.29 is 80.2 Å². The smallest absolute Gasteiger partial charge is 0.462 e. The van der Waals surface area contributed by atoms with Crippen molar-refractivity contribution in [3.63, 3.8) is 0 Å². The molecule has 5 atom stereocenters. The van der Waals surface area contributed by atoms with Gasteiger partial charge in [0.25, 0.3) is 0 Å². The second kappa shape index (κ2) is 73.9. The molecule has 17 nitrogen and oxygen atoms in total. The van der Waals surface area contributed by atoms with Crippen molar-refractivity contribution in [2.75, 3.05) is 39.6 Å². The first-order valence-corrected chi connectivity index (χ1v) is 45.1. The van der Waals surface area contributed by atoms with Crippen LogP contribution in [0.25, 0.3) is 0 Å². The van der Waals surface area contributed by atoms with Crippen molar-refractivity contribution in [1.29, 1.82) is 0 Å². The van der Waals surface area contributed by atoms with Gasteiger partial charge in [0.1, 0.15) is 19.3 Å². The third kappa shape index (κ3) is 74.3. The molecule has 0 aromatic carbocycles. The van der Waals surface area contributed by atoms with Gasteiger partial charge in [0.2, 0.25) is 0 Å². The Morgan fingerprint density at radius 2 is 0.460 bits per heavy atom. The molecule has 0 aliphatic carbocycles. The number of hydrogen-bond donors (Lipinski definition) is 3. The van der Waals surface area contributed by atoms with Crippen molar-refractivity contribution in [3.8, 4) is 0 Å². The number of aliphatic hydroxyl groups is 1. The van der Waals surface area contributed by atoms with E-state index in [1.54, 1.807) is 0 Å². The Labute approximate surface area is 613 Å². The van der Waals surface area contributed by atoms with E-state index in [0.717, 1.165) is 95.8 Å². The molecule has 0 aromatic heterocycles. The number of rotatable bonds is 81. The molecule has 594 valence electrons. The quantitative estimate of drug-likeness (QED) is 0.0222. The Balaban J connectivity index is 5.22. The molecule has 0 aliphatic heterocycles. The van der Waals surface area contributed by atoms with Gasteiger partial charge in [-0.25, -0.2) is 9.13 Å². The minimum absolute atomic E-state index is 0.109. The Morgan fingerprint density at radius 1 is 0.270 bits per heavy atom. The van der Waals surface area contributed by atoms with Gasteiger partial charge in [-0.15, -0.1) is 0 Å². The van der Waals surface area contributed by atoms with Crippen LogP contribution >= 0.6 is 15.6 Å². The highest BCUT2D eigenvalue weighted by Crippen LogP contribution is 2.45. The summed E-state index contributed by atoms with van der Waals surface area (Å²) in [6.07, 6.45) is 65.1. The molecule has 0 aromatic rings. The Kier molecular flexibility index (Phi) is 72.5. The van der Waals surface area contributed by atoms with Crippen LogP contribution in [0.5, 0.6) is 0 Å². The minimum Gasteiger partial charge on any atom is -0.462 e. The van der Waals surface area contributed by atoms with Gasteiger partial charge in [0, 0.05) is 25.7 Å². The van der Waals surface area contributed by atoms with Crippen molar-refractivity contribution in [1.82, 2.24) is 0 Å². The Bertz CT molecular complexity index is 1910. The number of carbonyl (C=O) groups excluding carboxylic acids is 4. The molecule has 0 amide bonds. The lowest BCUT2D eigenvalue weighted by Crippen LogP contribution is -2.30. The van der Waals surface area contributed by atoms with Gasteiger partial charge in [-0.1, -0.05) is 381 Å². The molecule has 0 saturated heterocycles. The molecular weight excluding hydrogens is 1310 g/mol. The van der Waals surface area contributed by atoms with Gasteiger partial charge in [-0.05, 0) is 31.6 Å². The fourth-order valence-corrected chi connectivity index (χ4v) is 14.2. The summed E-state index contributed by atoms with van der Waals surface area (Å²) in [6, 6.07) is 0. The molecular formula is C81H158O17P2. The lowest BCUT2D eigenvalue weighted by molar-refractivity contribution is -0.161. The highest BCUT2D eigenvalue weighted by molar-refractivity contribution is 7.47. The maximum atomic E-state index is 13.1. The molecule has 0 saturated carbocycles. The highest BCUT2D eigenvalue weighted by Gasteiger charge is 2.30. The average Bonchev–Trinajstić information content (AvgIpc) is 0.941. The zero-order chi connectivity index (χ0) is 73.4. The Hall–Kier alpha value is -1.94. The van der Waals surface area contributed by atoms with E-state index in [4.69, 9.17) is 37.0 Å². The van der Waals surface area contributed by atoms with Crippen LogP contribution in [-0.2, 0) is 65.4 Å². The SMILES string of the molecule is CCCCCCCCCCCCCCCCCCC(=O)OC[C@H](COP(=O)(O)OC[C@@H](O)COP(=O)(O)OC[C@@H](COC(=O)CCCCCCCCCCC)OC(=O)CCCCCCCCCCCCCCCCCC)OC(=O)CCCCCCCCCCCCCCCCCCC(C)C. The predicted molar refractivity (Wildman–Crippen MR) is 409 cm³/mol. The monoisotopic (exact) mass is 1470 g/mol. The molecule has 2 unspecified atom stereocenters. The molecule has 0 radical (unpaired) electrons. The second-order valence-corrected chi connectivity index (χ2v) is 32.5. The zero-order valence-electron chi connectivity index (χ0n) is 65.3. The third-order valence-electron chi connectivity index (χ3n) is 19.0. The normalized spacial score (nSPS) is 13.8. The van der Waals surface area contributed by atoms with Crippen LogP contribution in [0.4, 0.5) is 0 Å². The van der Waals surface area contributed by atoms with Crippen LogP contribution in [0.15, 0.2) is 0 Å². The van der Waals surface area contributed by atoms with E-state index >= 15 is 0 Å². The molecule has 0 rings (SSSR count). The van der Waals surface area contributed by atoms with E-state index < -0.39 is 97.5 Å². The van der Waals surface area contributed by atoms with Gasteiger partial charge in [-0.2, -0.15) is 0 Å². The van der Waals surface area contributed by atoms with Gasteiger partial charge in [0.15, 0.2) is 12.2 Å². The predicted octanol–water partition coefficient (Wildman–Crippen LogP) is 24.4. The van der Waals surface area contributed by atoms with Crippen LogP contribution in [0.3, 0.4) is 0 Å². The topological polar surface area (TPSA) is 237 Å². The maximum absolute atomic E-state index is 13.1.